The van der Waals surface area contributed by atoms with Crippen molar-refractivity contribution in [1.29, 1.82) is 0 Å². The Hall–Kier alpha value is -6.25. The summed E-state index contributed by atoms with van der Waals surface area (Å²) in [6, 6.07) is 56.5. The quantitative estimate of drug-likeness (QED) is 0.146. The Bertz CT molecular complexity index is 2770. The molecule has 0 saturated heterocycles. The summed E-state index contributed by atoms with van der Waals surface area (Å²) >= 11 is 0. The number of hydrogen-bond acceptors (Lipinski definition) is 2. The summed E-state index contributed by atoms with van der Waals surface area (Å²) in [5.41, 5.74) is 10.0. The maximum Gasteiger partial charge on any atom is 0.146 e. The van der Waals surface area contributed by atoms with Gasteiger partial charge in [-0.2, -0.15) is 0 Å². The van der Waals surface area contributed by atoms with Crippen LogP contribution in [0.25, 0.3) is 98.5 Å². The van der Waals surface area contributed by atoms with Gasteiger partial charge in [-0.15, -0.1) is 0 Å². The van der Waals surface area contributed by atoms with E-state index in [9.17, 15) is 0 Å². The van der Waals surface area contributed by atoms with Gasteiger partial charge in [-0.3, -0.25) is 4.98 Å². The van der Waals surface area contributed by atoms with Crippen LogP contribution >= 0.6 is 0 Å². The molecule has 0 amide bonds. The highest BCUT2D eigenvalue weighted by atomic mass is 16.3. The minimum Gasteiger partial charge on any atom is -0.455 e. The fourth-order valence-corrected chi connectivity index (χ4v) is 7.52. The number of benzene rings is 8. The molecule has 0 aliphatic heterocycles. The summed E-state index contributed by atoms with van der Waals surface area (Å²) in [6.07, 6.45) is 1.98. The van der Waals surface area contributed by atoms with E-state index >= 15 is 0 Å². The van der Waals surface area contributed by atoms with Crippen LogP contribution in [0.2, 0.25) is 0 Å². The highest BCUT2D eigenvalue weighted by Crippen LogP contribution is 2.45. The van der Waals surface area contributed by atoms with Crippen molar-refractivity contribution in [1.82, 2.24) is 4.98 Å². The SMILES string of the molecule is C.c1ccc(-c2ccc(-c3c4ccccc4c(-c4ccc5oc6c(cnc7c8ccccc8ccc76)c5c4)c4ccccc34)cc2)cc1. The number of rotatable bonds is 3. The van der Waals surface area contributed by atoms with Crippen LogP contribution < -0.4 is 0 Å². The molecule has 2 nitrogen and oxygen atoms in total. The molecule has 0 aliphatic rings. The van der Waals surface area contributed by atoms with Gasteiger partial charge in [-0.1, -0.05) is 147 Å². The summed E-state index contributed by atoms with van der Waals surface area (Å²) in [5, 5.41) is 10.4. The molecule has 2 heteroatoms. The van der Waals surface area contributed by atoms with E-state index in [0.29, 0.717) is 0 Å². The second-order valence-electron chi connectivity index (χ2n) is 12.3. The fourth-order valence-electron chi connectivity index (χ4n) is 7.52. The van der Waals surface area contributed by atoms with E-state index in [-0.39, 0.29) is 7.43 Å². The lowest BCUT2D eigenvalue weighted by Gasteiger charge is -2.18. The molecular formula is C46H31NO. The van der Waals surface area contributed by atoms with E-state index < -0.39 is 0 Å². The fraction of sp³-hybridized carbons (Fsp3) is 0.0217. The average Bonchev–Trinajstić information content (AvgIpc) is 3.52. The predicted octanol–water partition coefficient (Wildman–Crippen LogP) is 13.2. The van der Waals surface area contributed by atoms with Gasteiger partial charge in [0.25, 0.3) is 0 Å². The van der Waals surface area contributed by atoms with Gasteiger partial charge in [-0.25, -0.2) is 0 Å². The molecular weight excluding hydrogens is 583 g/mol. The lowest BCUT2D eigenvalue weighted by molar-refractivity contribution is 0.672. The van der Waals surface area contributed by atoms with Gasteiger partial charge in [0.05, 0.1) is 5.52 Å². The van der Waals surface area contributed by atoms with Gasteiger partial charge in [-0.05, 0) is 78.5 Å². The van der Waals surface area contributed by atoms with Crippen molar-refractivity contribution in [3.8, 4) is 33.4 Å². The third kappa shape index (κ3) is 4.16. The lowest BCUT2D eigenvalue weighted by atomic mass is 9.85. The average molecular weight is 614 g/mol. The van der Waals surface area contributed by atoms with Crippen molar-refractivity contribution in [2.75, 3.05) is 0 Å². The number of aromatic nitrogens is 1. The zero-order valence-electron chi connectivity index (χ0n) is 25.4. The Morgan fingerprint density at radius 3 is 1.60 bits per heavy atom. The molecule has 48 heavy (non-hydrogen) atoms. The van der Waals surface area contributed by atoms with Gasteiger partial charge in [0.1, 0.15) is 11.2 Å². The van der Waals surface area contributed by atoms with E-state index in [1.165, 1.54) is 54.7 Å². The highest BCUT2D eigenvalue weighted by molar-refractivity contribution is 6.23. The van der Waals surface area contributed by atoms with E-state index in [2.05, 4.69) is 158 Å². The van der Waals surface area contributed by atoms with E-state index in [0.717, 1.165) is 43.8 Å². The Morgan fingerprint density at radius 1 is 0.375 bits per heavy atom. The number of fused-ring (bicyclic) bond motifs is 9. The van der Waals surface area contributed by atoms with Gasteiger partial charge < -0.3 is 4.42 Å². The molecule has 0 radical (unpaired) electrons. The molecule has 0 aliphatic carbocycles. The van der Waals surface area contributed by atoms with Gasteiger partial charge in [0.15, 0.2) is 0 Å². The van der Waals surface area contributed by atoms with Crippen molar-refractivity contribution >= 4 is 65.2 Å². The van der Waals surface area contributed by atoms with Crippen LogP contribution in [0.1, 0.15) is 7.43 Å². The monoisotopic (exact) mass is 613 g/mol. The van der Waals surface area contributed by atoms with Crippen LogP contribution in [0.4, 0.5) is 0 Å². The van der Waals surface area contributed by atoms with Crippen LogP contribution in [0.15, 0.2) is 168 Å². The summed E-state index contributed by atoms with van der Waals surface area (Å²) in [5.74, 6) is 0. The minimum atomic E-state index is 0. The third-order valence-corrected chi connectivity index (χ3v) is 9.70. The first-order valence-electron chi connectivity index (χ1n) is 16.0. The van der Waals surface area contributed by atoms with Crippen LogP contribution in [0.3, 0.4) is 0 Å². The topological polar surface area (TPSA) is 26.0 Å². The number of furan rings is 1. The number of nitrogens with zero attached hydrogens (tertiary/aromatic N) is 1. The standard InChI is InChI=1S/C45H27NO.CH4/c1-2-10-28(11-3-1)29-18-20-31(21-19-29)42-34-14-6-8-16-36(34)43(37-17-9-7-15-35(37)42)32-23-25-41-39(26-32)40-27-46-44-33-13-5-4-12-30(33)22-24-38(44)45(40)47-41;/h1-27H;1H4. The maximum absolute atomic E-state index is 6.56. The molecule has 2 heterocycles. The molecule has 0 bridgehead atoms. The first kappa shape index (κ1) is 28.0. The van der Waals surface area contributed by atoms with E-state index in [4.69, 9.17) is 9.40 Å². The summed E-state index contributed by atoms with van der Waals surface area (Å²) < 4.78 is 6.56. The van der Waals surface area contributed by atoms with Crippen LogP contribution in [0, 0.1) is 0 Å². The molecule has 0 N–H and O–H groups in total. The van der Waals surface area contributed by atoms with E-state index in [1.807, 2.05) is 6.20 Å². The molecule has 10 rings (SSSR count). The first-order valence-corrected chi connectivity index (χ1v) is 16.0. The van der Waals surface area contributed by atoms with E-state index in [1.54, 1.807) is 0 Å². The van der Waals surface area contributed by atoms with Crippen molar-refractivity contribution < 1.29 is 4.42 Å². The predicted molar refractivity (Wildman–Crippen MR) is 205 cm³/mol. The van der Waals surface area contributed by atoms with Crippen molar-refractivity contribution in [3.05, 3.63) is 164 Å². The molecule has 226 valence electrons. The number of pyridine rings is 1. The normalized spacial score (nSPS) is 11.6. The Labute approximate surface area is 278 Å². The number of hydrogen-bond donors (Lipinski definition) is 0. The van der Waals surface area contributed by atoms with Crippen LogP contribution in [-0.4, -0.2) is 4.98 Å². The highest BCUT2D eigenvalue weighted by Gasteiger charge is 2.19. The van der Waals surface area contributed by atoms with Gasteiger partial charge in [0, 0.05) is 27.7 Å². The molecule has 0 atom stereocenters. The Kier molecular flexibility index (Phi) is 6.38. The van der Waals surface area contributed by atoms with Crippen molar-refractivity contribution in [2.45, 2.75) is 7.43 Å². The summed E-state index contributed by atoms with van der Waals surface area (Å²) in [6.45, 7) is 0. The smallest absolute Gasteiger partial charge is 0.146 e. The molecule has 8 aromatic carbocycles. The molecule has 0 spiro atoms. The van der Waals surface area contributed by atoms with Gasteiger partial charge >= 0.3 is 0 Å². The maximum atomic E-state index is 6.56. The second-order valence-corrected chi connectivity index (χ2v) is 12.3. The summed E-state index contributed by atoms with van der Waals surface area (Å²) in [4.78, 5) is 4.97. The zero-order valence-corrected chi connectivity index (χ0v) is 25.4. The van der Waals surface area contributed by atoms with Crippen LogP contribution in [0.5, 0.6) is 0 Å². The molecule has 10 aromatic rings. The zero-order chi connectivity index (χ0) is 30.9. The van der Waals surface area contributed by atoms with Gasteiger partial charge in [0.2, 0.25) is 0 Å². The molecule has 0 saturated carbocycles. The van der Waals surface area contributed by atoms with Crippen LogP contribution in [-0.2, 0) is 0 Å². The molecule has 0 unspecified atom stereocenters. The Morgan fingerprint density at radius 2 is 0.917 bits per heavy atom. The molecule has 2 aromatic heterocycles. The first-order chi connectivity index (χ1) is 23.3. The second kappa shape index (κ2) is 10.9. The lowest BCUT2D eigenvalue weighted by Crippen LogP contribution is -1.91. The van der Waals surface area contributed by atoms with Crippen molar-refractivity contribution in [3.63, 3.8) is 0 Å². The van der Waals surface area contributed by atoms with Crippen molar-refractivity contribution in [2.24, 2.45) is 0 Å². The molecule has 0 fully saturated rings. The Balaban J connectivity index is 0.00000314. The third-order valence-electron chi connectivity index (χ3n) is 9.70. The largest absolute Gasteiger partial charge is 0.455 e. The summed E-state index contributed by atoms with van der Waals surface area (Å²) in [7, 11) is 0. The minimum absolute atomic E-state index is 0.